The minimum Gasteiger partial charge on any atom is -0.390 e. The Labute approximate surface area is 471 Å². The first-order valence-electron chi connectivity index (χ1n) is 27.2. The summed E-state index contributed by atoms with van der Waals surface area (Å²) in [5.41, 5.74) is 11.8. The van der Waals surface area contributed by atoms with Gasteiger partial charge in [-0.25, -0.2) is 37.5 Å². The van der Waals surface area contributed by atoms with E-state index in [2.05, 4.69) is 51.2 Å². The third-order valence-electron chi connectivity index (χ3n) is 15.4. The Kier molecular flexibility index (Phi) is 16.2. The second-order valence-corrected chi connectivity index (χ2v) is 23.4. The van der Waals surface area contributed by atoms with Crippen molar-refractivity contribution in [1.29, 1.82) is 0 Å². The summed E-state index contributed by atoms with van der Waals surface area (Å²) in [6.07, 6.45) is 5.61. The average Bonchev–Trinajstić information content (AvgIpc) is 4.49. The molecule has 0 unspecified atom stereocenters. The number of thiazole rings is 2. The Balaban J connectivity index is 0.000000172. The Morgan fingerprint density at radius 1 is 0.617 bits per heavy atom. The maximum Gasteiger partial charge on any atom is 0.225 e. The lowest BCUT2D eigenvalue weighted by atomic mass is 9.96. The predicted octanol–water partition coefficient (Wildman–Crippen LogP) is 8.96. The van der Waals surface area contributed by atoms with Gasteiger partial charge in [0.05, 0.1) is 67.6 Å². The number of aromatic nitrogens is 8. The highest BCUT2D eigenvalue weighted by atomic mass is 32.1. The molecule has 81 heavy (non-hydrogen) atoms. The van der Waals surface area contributed by atoms with Gasteiger partial charge >= 0.3 is 0 Å². The molecule has 0 spiro atoms. The first-order valence-corrected chi connectivity index (χ1v) is 28.8. The van der Waals surface area contributed by atoms with E-state index in [0.717, 1.165) is 63.9 Å². The van der Waals surface area contributed by atoms with Crippen molar-refractivity contribution in [2.24, 2.45) is 11.7 Å². The van der Waals surface area contributed by atoms with Crippen molar-refractivity contribution < 1.29 is 42.8 Å². The molecule has 0 amide bonds. The third-order valence-corrected chi connectivity index (χ3v) is 17.4. The number of aryl methyl sites for hydroxylation is 2. The number of hydrogen-bond acceptors (Lipinski definition) is 20. The molecule has 8 atom stereocenters. The van der Waals surface area contributed by atoms with E-state index in [4.69, 9.17) is 15.7 Å². The van der Waals surface area contributed by atoms with Gasteiger partial charge in [0.1, 0.15) is 73.9 Å². The van der Waals surface area contributed by atoms with Crippen LogP contribution in [0.4, 0.5) is 41.1 Å². The number of nitrogens with zero attached hydrogens (tertiary/aromatic N) is 8. The fourth-order valence-corrected chi connectivity index (χ4v) is 12.9. The Morgan fingerprint density at radius 2 is 1.06 bits per heavy atom. The zero-order chi connectivity index (χ0) is 56.8. The second-order valence-electron chi connectivity index (χ2n) is 21.3. The molecule has 12 rings (SSSR count). The number of aliphatic hydroxyl groups excluding tert-OH is 4. The molecule has 424 valence electrons. The lowest BCUT2D eigenvalue weighted by Crippen LogP contribution is -2.38. The highest BCUT2D eigenvalue weighted by Gasteiger charge is 2.43. The van der Waals surface area contributed by atoms with Crippen molar-refractivity contribution >= 4 is 72.4 Å². The van der Waals surface area contributed by atoms with Gasteiger partial charge in [0.15, 0.2) is 0 Å². The quantitative estimate of drug-likeness (QED) is 0.0363. The van der Waals surface area contributed by atoms with Crippen LogP contribution in [-0.2, 0) is 17.9 Å². The molecule has 6 heterocycles. The minimum absolute atomic E-state index is 0.0550. The van der Waals surface area contributed by atoms with Gasteiger partial charge in [0.2, 0.25) is 11.9 Å². The Hall–Kier alpha value is -6.93. The molecule has 8 aromatic rings. The van der Waals surface area contributed by atoms with Gasteiger partial charge < -0.3 is 47.4 Å². The third kappa shape index (κ3) is 11.9. The van der Waals surface area contributed by atoms with Crippen LogP contribution in [0, 0.1) is 43.0 Å². The summed E-state index contributed by atoms with van der Waals surface area (Å²) in [5, 5.41) is 56.3. The highest BCUT2D eigenvalue weighted by Crippen LogP contribution is 2.47. The maximum atomic E-state index is 14.3. The van der Waals surface area contributed by atoms with E-state index in [1.54, 1.807) is 26.2 Å². The monoisotopic (exact) mass is 1150 g/mol. The largest absolute Gasteiger partial charge is 0.390 e. The molecule has 4 fully saturated rings. The summed E-state index contributed by atoms with van der Waals surface area (Å²) in [6.45, 7) is 5.19. The smallest absolute Gasteiger partial charge is 0.225 e. The van der Waals surface area contributed by atoms with Crippen molar-refractivity contribution in [2.45, 2.75) is 146 Å². The number of carbonyl (C=O) groups excluding carboxylic acids is 1. The molecule has 10 N–H and O–H groups in total. The number of rotatable bonds is 18. The number of halogens is 4. The SMILES string of the molecule is CCCC(=O)C[C@H]1C[C@@H](Nc2nc(NCc3c(F)cccc3F)nc(C)c2-c2nc3c(C4CC4)nccc3s2)[C@H](O)[C@@H]1O.Cc1nc(NCc2c(F)cccc2F)nc(N[C@@H]2C[C@H](N)[C@@H](O)[C@H]2O)c1-c1nc2c(C3CC3)nccc2s1. The second kappa shape index (κ2) is 23.5. The van der Waals surface area contributed by atoms with Crippen LogP contribution in [0.25, 0.3) is 41.6 Å². The molecule has 6 aromatic heterocycles. The van der Waals surface area contributed by atoms with E-state index in [1.807, 2.05) is 19.1 Å². The number of nitrogens with two attached hydrogens (primary N) is 1. The minimum atomic E-state index is -1.13. The number of ketones is 1. The van der Waals surface area contributed by atoms with Crippen molar-refractivity contribution in [3.05, 3.63) is 118 Å². The van der Waals surface area contributed by atoms with Gasteiger partial charge in [-0.3, -0.25) is 14.8 Å². The van der Waals surface area contributed by atoms with Crippen LogP contribution in [0.1, 0.15) is 110 Å². The normalized spacial score (nSPS) is 22.5. The van der Waals surface area contributed by atoms with E-state index in [9.17, 15) is 42.8 Å². The number of Topliss-reactive ketones (excluding diaryl/α,β-unsaturated/α-hetero) is 1. The number of fused-ring (bicyclic) bond motifs is 2. The van der Waals surface area contributed by atoms with Crippen LogP contribution < -0.4 is 27.0 Å². The lowest BCUT2D eigenvalue weighted by molar-refractivity contribution is -0.121. The average molecular weight is 1150 g/mol. The van der Waals surface area contributed by atoms with Crippen molar-refractivity contribution in [2.75, 3.05) is 21.3 Å². The first-order chi connectivity index (χ1) is 39.0. The zero-order valence-corrected chi connectivity index (χ0v) is 46.1. The van der Waals surface area contributed by atoms with Crippen LogP contribution in [0.15, 0.2) is 60.9 Å². The number of anilines is 4. The lowest BCUT2D eigenvalue weighted by Gasteiger charge is -2.21. The highest BCUT2D eigenvalue weighted by molar-refractivity contribution is 7.22. The van der Waals surface area contributed by atoms with Gasteiger partial charge in [0, 0.05) is 67.3 Å². The Morgan fingerprint density at radius 3 is 1.48 bits per heavy atom. The molecule has 0 saturated heterocycles. The van der Waals surface area contributed by atoms with E-state index in [0.29, 0.717) is 75.3 Å². The van der Waals surface area contributed by atoms with E-state index >= 15 is 0 Å². The molecule has 24 heteroatoms. The number of carbonyl (C=O) groups is 1. The zero-order valence-electron chi connectivity index (χ0n) is 44.5. The predicted molar refractivity (Wildman–Crippen MR) is 302 cm³/mol. The summed E-state index contributed by atoms with van der Waals surface area (Å²) in [7, 11) is 0. The fourth-order valence-electron chi connectivity index (χ4n) is 10.7. The van der Waals surface area contributed by atoms with Crippen LogP contribution in [0.5, 0.6) is 0 Å². The van der Waals surface area contributed by atoms with Gasteiger partial charge in [0.25, 0.3) is 0 Å². The van der Waals surface area contributed by atoms with Crippen molar-refractivity contribution in [3.63, 3.8) is 0 Å². The number of nitrogens with one attached hydrogen (secondary N) is 4. The standard InChI is InChI=1S/C31H34F2N6O3S.C26H27F2N7O2S/c1-3-5-18(40)12-17-13-22(28(42)27(17)41)37-29-24(30-38-26-23(43-30)10-11-34-25(26)16-8-9-16)15(2)36-31(39-29)35-14-19-20(32)6-4-7-21(19)33;1-11-19(25-34-21-18(38-25)7-8-30-20(21)12-5-6-12)24(33-17-9-16(29)22(36)23(17)37)35-26(32-11)31-10-13-14(27)3-2-4-15(13)28/h4,6-7,10-11,16-17,22,27-28,41-42H,3,5,8-9,12-14H2,1-2H3,(H2,35,36,37,39);2-4,7-8,12,16-17,22-23,36-37H,5-6,9-10,29H2,1H3,(H2,31,32,33,35)/t17-,22+,27+,28-;16-,17+,22+,23-/m00/s1. The first kappa shape index (κ1) is 56.0. The van der Waals surface area contributed by atoms with Crippen LogP contribution >= 0.6 is 22.7 Å². The number of aliphatic hydroxyl groups is 4. The number of pyridine rings is 2. The van der Waals surface area contributed by atoms with Gasteiger partial charge in [-0.1, -0.05) is 19.1 Å². The molecule has 18 nitrogen and oxygen atoms in total. The van der Waals surface area contributed by atoms with E-state index < -0.39 is 71.7 Å². The summed E-state index contributed by atoms with van der Waals surface area (Å²) < 4.78 is 58.9. The van der Waals surface area contributed by atoms with Gasteiger partial charge in [-0.2, -0.15) is 9.97 Å². The van der Waals surface area contributed by atoms with Crippen LogP contribution in [0.3, 0.4) is 0 Å². The van der Waals surface area contributed by atoms with E-state index in [1.165, 1.54) is 59.1 Å². The Bertz CT molecular complexity index is 3600. The molecule has 2 aromatic carbocycles. The number of hydrogen-bond donors (Lipinski definition) is 9. The maximum absolute atomic E-state index is 14.3. The van der Waals surface area contributed by atoms with Gasteiger partial charge in [-0.05, 0) is 101 Å². The molecular weight excluding hydrogens is 1090 g/mol. The summed E-state index contributed by atoms with van der Waals surface area (Å²) in [4.78, 5) is 49.8. The van der Waals surface area contributed by atoms with Crippen molar-refractivity contribution in [3.8, 4) is 21.1 Å². The fraction of sp³-hybridized carbons (Fsp3) is 0.421. The van der Waals surface area contributed by atoms with Crippen LogP contribution in [0.2, 0.25) is 0 Å². The van der Waals surface area contributed by atoms with Crippen LogP contribution in [-0.4, -0.2) is 109 Å². The molecule has 4 saturated carbocycles. The summed E-state index contributed by atoms with van der Waals surface area (Å²) in [5.74, 6) is -1.20. The molecule has 4 aliphatic carbocycles. The molecule has 0 aliphatic heterocycles. The summed E-state index contributed by atoms with van der Waals surface area (Å²) >= 11 is 2.98. The topological polar surface area (TPSA) is 275 Å². The molecule has 0 bridgehead atoms. The number of benzene rings is 2. The van der Waals surface area contributed by atoms with E-state index in [-0.39, 0.29) is 48.3 Å². The molecule has 4 aliphatic rings. The van der Waals surface area contributed by atoms with Crippen molar-refractivity contribution in [1.82, 2.24) is 39.9 Å². The van der Waals surface area contributed by atoms with Gasteiger partial charge in [-0.15, -0.1) is 22.7 Å². The molecular formula is C57H61F4N13O5S2. The molecule has 0 radical (unpaired) electrons. The summed E-state index contributed by atoms with van der Waals surface area (Å²) in [6, 6.07) is 9.47.